The normalized spacial score (nSPS) is 14.1. The van der Waals surface area contributed by atoms with E-state index < -0.39 is 0 Å². The van der Waals surface area contributed by atoms with Crippen LogP contribution in [0.3, 0.4) is 0 Å². The predicted octanol–water partition coefficient (Wildman–Crippen LogP) is 1.30. The Kier molecular flexibility index (Phi) is 4.29. The average molecular weight is 211 g/mol. The lowest BCUT2D eigenvalue weighted by Crippen LogP contribution is -2.40. The van der Waals surface area contributed by atoms with E-state index in [1.54, 1.807) is 6.20 Å². The quantitative estimate of drug-likeness (QED) is 0.688. The number of imidazole rings is 1. The summed E-state index contributed by atoms with van der Waals surface area (Å²) in [6, 6.07) is 0.299. The summed E-state index contributed by atoms with van der Waals surface area (Å²) < 4.78 is 0. The second-order valence-electron chi connectivity index (χ2n) is 4.85. The summed E-state index contributed by atoms with van der Waals surface area (Å²) in [5, 5.41) is 12.4. The van der Waals surface area contributed by atoms with E-state index >= 15 is 0 Å². The Morgan fingerprint density at radius 3 is 2.73 bits per heavy atom. The zero-order valence-corrected chi connectivity index (χ0v) is 9.75. The number of aliphatic hydroxyl groups is 1. The number of aliphatic hydroxyl groups excluding tert-OH is 1. The molecule has 0 aliphatic carbocycles. The first kappa shape index (κ1) is 12.2. The summed E-state index contributed by atoms with van der Waals surface area (Å²) in [7, 11) is 0. The van der Waals surface area contributed by atoms with Gasteiger partial charge in [-0.3, -0.25) is 0 Å². The highest BCUT2D eigenvalue weighted by Gasteiger charge is 2.23. The molecular formula is C11H21N3O. The first-order chi connectivity index (χ1) is 7.04. The molecule has 1 rings (SSSR count). The summed E-state index contributed by atoms with van der Waals surface area (Å²) in [5.74, 6) is 0.933. The van der Waals surface area contributed by atoms with Gasteiger partial charge in [0.2, 0.25) is 0 Å². The molecule has 1 atom stereocenters. The number of aromatic amines is 1. The molecule has 3 N–H and O–H groups in total. The fourth-order valence-electron chi connectivity index (χ4n) is 1.58. The van der Waals surface area contributed by atoms with Crippen molar-refractivity contribution in [3.8, 4) is 0 Å². The Morgan fingerprint density at radius 1 is 1.53 bits per heavy atom. The molecule has 0 spiro atoms. The molecule has 0 aromatic carbocycles. The van der Waals surface area contributed by atoms with Crippen molar-refractivity contribution in [2.24, 2.45) is 5.41 Å². The molecule has 1 heterocycles. The van der Waals surface area contributed by atoms with Crippen LogP contribution in [0.4, 0.5) is 0 Å². The number of nitrogens with one attached hydrogen (secondary N) is 2. The number of aromatic nitrogens is 2. The minimum atomic E-state index is 0.148. The van der Waals surface area contributed by atoms with E-state index in [9.17, 15) is 0 Å². The zero-order chi connectivity index (χ0) is 11.3. The first-order valence-corrected chi connectivity index (χ1v) is 5.36. The molecule has 15 heavy (non-hydrogen) atoms. The Balaban J connectivity index is 2.45. The van der Waals surface area contributed by atoms with Crippen LogP contribution in [0.5, 0.6) is 0 Å². The molecule has 86 valence electrons. The highest BCUT2D eigenvalue weighted by molar-refractivity contribution is 4.89. The fourth-order valence-corrected chi connectivity index (χ4v) is 1.58. The Labute approximate surface area is 91.1 Å². The third kappa shape index (κ3) is 4.01. The minimum Gasteiger partial charge on any atom is -0.396 e. The smallest absolute Gasteiger partial charge is 0.120 e. The third-order valence-electron chi connectivity index (χ3n) is 2.53. The van der Waals surface area contributed by atoms with Crippen LogP contribution in [0.2, 0.25) is 0 Å². The Morgan fingerprint density at radius 2 is 2.27 bits per heavy atom. The van der Waals surface area contributed by atoms with Crippen molar-refractivity contribution in [1.82, 2.24) is 15.3 Å². The van der Waals surface area contributed by atoms with E-state index in [1.807, 2.05) is 6.20 Å². The van der Waals surface area contributed by atoms with Gasteiger partial charge in [-0.2, -0.15) is 0 Å². The number of rotatable bonds is 5. The number of hydrogen-bond donors (Lipinski definition) is 3. The van der Waals surface area contributed by atoms with Gasteiger partial charge in [-0.15, -0.1) is 0 Å². The summed E-state index contributed by atoms with van der Waals surface area (Å²) in [6.45, 7) is 7.44. The van der Waals surface area contributed by atoms with Crippen molar-refractivity contribution in [3.05, 3.63) is 18.2 Å². The number of H-pyrrole nitrogens is 1. The Hall–Kier alpha value is -0.870. The topological polar surface area (TPSA) is 60.9 Å². The lowest BCUT2D eigenvalue weighted by molar-refractivity contribution is 0.196. The molecule has 4 heteroatoms. The standard InChI is InChI=1S/C11H21N3O/c1-11(2,3)9(4-7-15)14-8-10-12-5-6-13-10/h5-6,9,14-15H,4,7-8H2,1-3H3,(H,12,13). The molecule has 1 aromatic heterocycles. The molecule has 0 aliphatic rings. The van der Waals surface area contributed by atoms with Gasteiger partial charge in [0.15, 0.2) is 0 Å². The van der Waals surface area contributed by atoms with Crippen LogP contribution in [0.25, 0.3) is 0 Å². The van der Waals surface area contributed by atoms with Crippen molar-refractivity contribution < 1.29 is 5.11 Å². The maximum Gasteiger partial charge on any atom is 0.120 e. The number of nitrogens with zero attached hydrogens (tertiary/aromatic N) is 1. The molecule has 0 saturated heterocycles. The van der Waals surface area contributed by atoms with E-state index in [0.29, 0.717) is 6.04 Å². The van der Waals surface area contributed by atoms with Crippen LogP contribution < -0.4 is 5.32 Å². The molecule has 0 radical (unpaired) electrons. The van der Waals surface area contributed by atoms with Crippen LogP contribution in [0.1, 0.15) is 33.0 Å². The van der Waals surface area contributed by atoms with Gasteiger partial charge in [-0.25, -0.2) is 4.98 Å². The molecule has 0 saturated carbocycles. The minimum absolute atomic E-state index is 0.148. The number of hydrogen-bond acceptors (Lipinski definition) is 3. The average Bonchev–Trinajstić information content (AvgIpc) is 2.62. The summed E-state index contributed by atoms with van der Waals surface area (Å²) in [5.41, 5.74) is 0.148. The van der Waals surface area contributed by atoms with Gasteiger partial charge >= 0.3 is 0 Å². The molecule has 0 bridgehead atoms. The van der Waals surface area contributed by atoms with Crippen molar-refractivity contribution in [1.29, 1.82) is 0 Å². The highest BCUT2D eigenvalue weighted by atomic mass is 16.3. The molecule has 0 fully saturated rings. The highest BCUT2D eigenvalue weighted by Crippen LogP contribution is 2.21. The van der Waals surface area contributed by atoms with E-state index in [2.05, 4.69) is 36.1 Å². The second kappa shape index (κ2) is 5.28. The monoisotopic (exact) mass is 211 g/mol. The van der Waals surface area contributed by atoms with Gasteiger partial charge in [0.1, 0.15) is 5.82 Å². The summed E-state index contributed by atoms with van der Waals surface area (Å²) >= 11 is 0. The fraction of sp³-hybridized carbons (Fsp3) is 0.727. The molecule has 0 amide bonds. The molecule has 4 nitrogen and oxygen atoms in total. The second-order valence-corrected chi connectivity index (χ2v) is 4.85. The van der Waals surface area contributed by atoms with Crippen molar-refractivity contribution in [2.75, 3.05) is 6.61 Å². The van der Waals surface area contributed by atoms with Crippen LogP contribution in [-0.2, 0) is 6.54 Å². The molecule has 1 aromatic rings. The first-order valence-electron chi connectivity index (χ1n) is 5.36. The van der Waals surface area contributed by atoms with Crippen LogP contribution in [0, 0.1) is 5.41 Å². The van der Waals surface area contributed by atoms with Crippen molar-refractivity contribution >= 4 is 0 Å². The Bertz CT molecular complexity index is 264. The van der Waals surface area contributed by atoms with Gasteiger partial charge in [-0.1, -0.05) is 20.8 Å². The summed E-state index contributed by atoms with van der Waals surface area (Å²) in [6.07, 6.45) is 4.33. The third-order valence-corrected chi connectivity index (χ3v) is 2.53. The molecular weight excluding hydrogens is 190 g/mol. The van der Waals surface area contributed by atoms with E-state index in [-0.39, 0.29) is 12.0 Å². The van der Waals surface area contributed by atoms with E-state index in [0.717, 1.165) is 18.8 Å². The van der Waals surface area contributed by atoms with Crippen molar-refractivity contribution in [3.63, 3.8) is 0 Å². The van der Waals surface area contributed by atoms with Crippen LogP contribution >= 0.6 is 0 Å². The lowest BCUT2D eigenvalue weighted by Gasteiger charge is -2.31. The lowest BCUT2D eigenvalue weighted by atomic mass is 9.85. The SMILES string of the molecule is CC(C)(C)C(CCO)NCc1ncc[nH]1. The van der Waals surface area contributed by atoms with Gasteiger partial charge in [0, 0.05) is 25.0 Å². The van der Waals surface area contributed by atoms with E-state index in [1.165, 1.54) is 0 Å². The largest absolute Gasteiger partial charge is 0.396 e. The van der Waals surface area contributed by atoms with E-state index in [4.69, 9.17) is 5.11 Å². The van der Waals surface area contributed by atoms with Gasteiger partial charge in [-0.05, 0) is 11.8 Å². The maximum atomic E-state index is 8.99. The van der Waals surface area contributed by atoms with Crippen LogP contribution in [-0.4, -0.2) is 27.7 Å². The van der Waals surface area contributed by atoms with Gasteiger partial charge < -0.3 is 15.4 Å². The molecule has 0 aliphatic heterocycles. The zero-order valence-electron chi connectivity index (χ0n) is 9.75. The van der Waals surface area contributed by atoms with Gasteiger partial charge in [0.25, 0.3) is 0 Å². The maximum absolute atomic E-state index is 8.99. The van der Waals surface area contributed by atoms with Crippen molar-refractivity contribution in [2.45, 2.75) is 39.8 Å². The predicted molar refractivity (Wildman–Crippen MR) is 60.4 cm³/mol. The molecule has 1 unspecified atom stereocenters. The summed E-state index contributed by atoms with van der Waals surface area (Å²) in [4.78, 5) is 7.20. The van der Waals surface area contributed by atoms with Crippen LogP contribution in [0.15, 0.2) is 12.4 Å². The van der Waals surface area contributed by atoms with Gasteiger partial charge in [0.05, 0.1) is 6.54 Å².